The van der Waals surface area contributed by atoms with Gasteiger partial charge in [0.2, 0.25) is 0 Å². The van der Waals surface area contributed by atoms with E-state index in [9.17, 15) is 9.59 Å². The van der Waals surface area contributed by atoms with E-state index in [1.54, 1.807) is 4.57 Å². The lowest BCUT2D eigenvalue weighted by Gasteiger charge is -2.12. The molecule has 2 aromatic heterocycles. The minimum Gasteiger partial charge on any atom is -0.469 e. The molecular weight excluding hydrogens is 420 g/mol. The Morgan fingerprint density at radius 2 is 1.72 bits per heavy atom. The van der Waals surface area contributed by atoms with Gasteiger partial charge in [-0.3, -0.25) is 14.2 Å². The molecule has 0 amide bonds. The number of nitrogens with zero attached hydrogens (tertiary/aromatic N) is 2. The molecule has 0 saturated heterocycles. The van der Waals surface area contributed by atoms with Gasteiger partial charge in [-0.1, -0.05) is 61.5 Å². The van der Waals surface area contributed by atoms with Gasteiger partial charge in [0.1, 0.15) is 10.7 Å². The summed E-state index contributed by atoms with van der Waals surface area (Å²) in [7, 11) is 1.38. The number of aryl methyl sites for hydroxylation is 1. The van der Waals surface area contributed by atoms with Gasteiger partial charge in [-0.25, -0.2) is 4.98 Å². The summed E-state index contributed by atoms with van der Waals surface area (Å²) < 4.78 is 6.47. The third-order valence-electron chi connectivity index (χ3n) is 5.54. The number of fused-ring (bicyclic) bond motifs is 1. The molecule has 0 saturated carbocycles. The predicted octanol–water partition coefficient (Wildman–Crippen LogP) is 5.70. The first-order valence-electron chi connectivity index (χ1n) is 10.9. The molecule has 0 bridgehead atoms. The molecule has 0 unspecified atom stereocenters. The largest absolute Gasteiger partial charge is 0.469 e. The molecule has 0 N–H and O–H groups in total. The molecule has 0 aliphatic rings. The van der Waals surface area contributed by atoms with Gasteiger partial charge < -0.3 is 4.74 Å². The van der Waals surface area contributed by atoms with Crippen molar-refractivity contribution in [2.24, 2.45) is 0 Å². The standard InChI is InChI=1S/C26H26N2O3S/c1-3-8-22-27-25-24(26(30)28(22)16-7-11-23(29)31-2)21(17-32-25)20-14-12-19(13-15-20)18-9-5-4-6-10-18/h4-6,9-10,12-15,17H,3,7-8,11,16H2,1-2H3. The number of aromatic nitrogens is 2. The van der Waals surface area contributed by atoms with Crippen LogP contribution in [0.5, 0.6) is 0 Å². The number of thiophene rings is 1. The van der Waals surface area contributed by atoms with Crippen LogP contribution in [0.3, 0.4) is 0 Å². The zero-order valence-electron chi connectivity index (χ0n) is 18.3. The number of methoxy groups -OCH3 is 1. The van der Waals surface area contributed by atoms with E-state index in [0.29, 0.717) is 18.4 Å². The fourth-order valence-corrected chi connectivity index (χ4v) is 4.84. The highest BCUT2D eigenvalue weighted by molar-refractivity contribution is 7.17. The molecule has 4 aromatic rings. The molecule has 32 heavy (non-hydrogen) atoms. The van der Waals surface area contributed by atoms with Crippen LogP contribution in [-0.2, 0) is 22.5 Å². The van der Waals surface area contributed by atoms with Crippen molar-refractivity contribution in [3.63, 3.8) is 0 Å². The van der Waals surface area contributed by atoms with E-state index >= 15 is 0 Å². The van der Waals surface area contributed by atoms with E-state index in [4.69, 9.17) is 9.72 Å². The Labute approximate surface area is 191 Å². The molecule has 2 aromatic carbocycles. The van der Waals surface area contributed by atoms with Crippen LogP contribution in [0.2, 0.25) is 0 Å². The van der Waals surface area contributed by atoms with E-state index in [1.165, 1.54) is 18.4 Å². The number of hydrogen-bond acceptors (Lipinski definition) is 5. The van der Waals surface area contributed by atoms with E-state index < -0.39 is 0 Å². The lowest BCUT2D eigenvalue weighted by molar-refractivity contribution is -0.140. The summed E-state index contributed by atoms with van der Waals surface area (Å²) in [6.45, 7) is 2.53. The van der Waals surface area contributed by atoms with Gasteiger partial charge in [0.25, 0.3) is 5.56 Å². The summed E-state index contributed by atoms with van der Waals surface area (Å²) in [4.78, 5) is 30.6. The topological polar surface area (TPSA) is 61.2 Å². The fraction of sp³-hybridized carbons (Fsp3) is 0.269. The molecule has 6 heteroatoms. The highest BCUT2D eigenvalue weighted by Crippen LogP contribution is 2.32. The van der Waals surface area contributed by atoms with Gasteiger partial charge in [-0.2, -0.15) is 0 Å². The van der Waals surface area contributed by atoms with Crippen molar-refractivity contribution < 1.29 is 9.53 Å². The van der Waals surface area contributed by atoms with Crippen LogP contribution < -0.4 is 5.56 Å². The Kier molecular flexibility index (Phi) is 6.81. The van der Waals surface area contributed by atoms with Gasteiger partial charge in [-0.15, -0.1) is 11.3 Å². The first-order valence-corrected chi connectivity index (χ1v) is 11.7. The normalized spacial score (nSPS) is 11.1. The molecule has 0 fully saturated rings. The second-order valence-corrected chi connectivity index (χ2v) is 8.55. The van der Waals surface area contributed by atoms with Crippen molar-refractivity contribution in [1.29, 1.82) is 0 Å². The van der Waals surface area contributed by atoms with E-state index in [0.717, 1.165) is 45.8 Å². The SMILES string of the molecule is CCCc1nc2scc(-c3ccc(-c4ccccc4)cc3)c2c(=O)n1CCCC(=O)OC. The quantitative estimate of drug-likeness (QED) is 0.326. The highest BCUT2D eigenvalue weighted by Gasteiger charge is 2.17. The van der Waals surface area contributed by atoms with E-state index in [2.05, 4.69) is 43.3 Å². The number of carbonyl (C=O) groups is 1. The zero-order chi connectivity index (χ0) is 22.5. The lowest BCUT2D eigenvalue weighted by atomic mass is 10.0. The van der Waals surface area contributed by atoms with Crippen LogP contribution in [0, 0.1) is 0 Å². The molecule has 0 aliphatic carbocycles. The maximum absolute atomic E-state index is 13.5. The van der Waals surface area contributed by atoms with Gasteiger partial charge in [0, 0.05) is 30.3 Å². The summed E-state index contributed by atoms with van der Waals surface area (Å²) in [5.74, 6) is 0.515. The maximum atomic E-state index is 13.5. The third-order valence-corrected chi connectivity index (χ3v) is 6.41. The first-order chi connectivity index (χ1) is 15.6. The highest BCUT2D eigenvalue weighted by atomic mass is 32.1. The molecule has 0 spiro atoms. The van der Waals surface area contributed by atoms with Crippen molar-refractivity contribution >= 4 is 27.5 Å². The molecule has 5 nitrogen and oxygen atoms in total. The van der Waals surface area contributed by atoms with Gasteiger partial charge >= 0.3 is 5.97 Å². The van der Waals surface area contributed by atoms with Crippen LogP contribution >= 0.6 is 11.3 Å². The molecule has 0 aliphatic heterocycles. The van der Waals surface area contributed by atoms with Gasteiger partial charge in [0.05, 0.1) is 12.5 Å². The number of esters is 1. The molecule has 4 rings (SSSR count). The number of ether oxygens (including phenoxy) is 1. The summed E-state index contributed by atoms with van der Waals surface area (Å²) in [5, 5.41) is 2.67. The smallest absolute Gasteiger partial charge is 0.305 e. The summed E-state index contributed by atoms with van der Waals surface area (Å²) in [6, 6.07) is 18.5. The van der Waals surface area contributed by atoms with Crippen LogP contribution in [0.15, 0.2) is 64.8 Å². The van der Waals surface area contributed by atoms with Crippen molar-refractivity contribution in [3.8, 4) is 22.3 Å². The average molecular weight is 447 g/mol. The Morgan fingerprint density at radius 3 is 2.41 bits per heavy atom. The summed E-state index contributed by atoms with van der Waals surface area (Å²) in [6.07, 6.45) is 2.45. The number of hydrogen-bond donors (Lipinski definition) is 0. The minimum atomic E-state index is -0.265. The van der Waals surface area contributed by atoms with E-state index in [1.807, 2.05) is 23.6 Å². The maximum Gasteiger partial charge on any atom is 0.305 e. The van der Waals surface area contributed by atoms with Crippen LogP contribution in [0.4, 0.5) is 0 Å². The monoisotopic (exact) mass is 446 g/mol. The van der Waals surface area contributed by atoms with Crippen LogP contribution in [0.1, 0.15) is 32.0 Å². The van der Waals surface area contributed by atoms with Gasteiger partial charge in [0.15, 0.2) is 0 Å². The number of carbonyl (C=O) groups excluding carboxylic acids is 1. The Balaban J connectivity index is 1.72. The van der Waals surface area contributed by atoms with Crippen molar-refractivity contribution in [1.82, 2.24) is 9.55 Å². The Bertz CT molecular complexity index is 1270. The number of rotatable bonds is 8. The average Bonchev–Trinajstić information content (AvgIpc) is 3.26. The molecule has 2 heterocycles. The molecule has 0 atom stereocenters. The van der Waals surface area contributed by atoms with Crippen molar-refractivity contribution in [2.75, 3.05) is 7.11 Å². The Morgan fingerprint density at radius 1 is 1.03 bits per heavy atom. The summed E-state index contributed by atoms with van der Waals surface area (Å²) in [5.41, 5.74) is 4.17. The second-order valence-electron chi connectivity index (χ2n) is 7.69. The second kappa shape index (κ2) is 9.92. The molecular formula is C26H26N2O3S. The van der Waals surface area contributed by atoms with Crippen molar-refractivity contribution in [3.05, 3.63) is 76.2 Å². The molecule has 164 valence electrons. The van der Waals surface area contributed by atoms with Gasteiger partial charge in [-0.05, 0) is 29.5 Å². The number of benzene rings is 2. The minimum absolute atomic E-state index is 0.0355. The first kappa shape index (κ1) is 22.0. The summed E-state index contributed by atoms with van der Waals surface area (Å²) >= 11 is 1.51. The fourth-order valence-electron chi connectivity index (χ4n) is 3.88. The van der Waals surface area contributed by atoms with Crippen LogP contribution in [-0.4, -0.2) is 22.6 Å². The zero-order valence-corrected chi connectivity index (χ0v) is 19.2. The predicted molar refractivity (Wildman–Crippen MR) is 130 cm³/mol. The van der Waals surface area contributed by atoms with Crippen molar-refractivity contribution in [2.45, 2.75) is 39.2 Å². The van der Waals surface area contributed by atoms with E-state index in [-0.39, 0.29) is 17.9 Å². The van der Waals surface area contributed by atoms with Crippen LogP contribution in [0.25, 0.3) is 32.5 Å². The lowest BCUT2D eigenvalue weighted by Crippen LogP contribution is -2.25. The third kappa shape index (κ3) is 4.50. The Hall–Kier alpha value is -3.25. The molecule has 0 radical (unpaired) electrons.